The second kappa shape index (κ2) is 7.03. The Morgan fingerprint density at radius 2 is 2.00 bits per heavy atom. The summed E-state index contributed by atoms with van der Waals surface area (Å²) in [6.45, 7) is 0. The van der Waals surface area contributed by atoms with Gasteiger partial charge in [-0.2, -0.15) is 0 Å². The zero-order valence-corrected chi connectivity index (χ0v) is 16.5. The van der Waals surface area contributed by atoms with Crippen LogP contribution < -0.4 is 15.2 Å². The number of amides is 2. The van der Waals surface area contributed by atoms with Gasteiger partial charge in [0.05, 0.1) is 11.2 Å². The molecule has 7 heteroatoms. The lowest BCUT2D eigenvalue weighted by Gasteiger charge is -2.20. The molecule has 0 aliphatic rings. The van der Waals surface area contributed by atoms with Gasteiger partial charge < -0.3 is 5.32 Å². The van der Waals surface area contributed by atoms with Crippen LogP contribution in [0.5, 0.6) is 0 Å². The van der Waals surface area contributed by atoms with Gasteiger partial charge in [-0.05, 0) is 23.6 Å². The molecule has 0 bridgehead atoms. The van der Waals surface area contributed by atoms with Crippen LogP contribution in [0.25, 0.3) is 33.3 Å². The fraction of sp³-hybridized carbons (Fsp3) is 0.0455. The lowest BCUT2D eigenvalue weighted by atomic mass is 10.1. The predicted octanol–water partition coefficient (Wildman–Crippen LogP) is 4.93. The third-order valence-corrected chi connectivity index (χ3v) is 5.50. The maximum Gasteiger partial charge on any atom is 0.326 e. The maximum atomic E-state index is 12.9. The topological polar surface area (TPSA) is 75.2 Å². The van der Waals surface area contributed by atoms with Gasteiger partial charge in [0.1, 0.15) is 0 Å². The average Bonchev–Trinajstić information content (AvgIpc) is 3.42. The van der Waals surface area contributed by atoms with E-state index in [9.17, 15) is 4.79 Å². The van der Waals surface area contributed by atoms with Crippen LogP contribution in [-0.2, 0) is 0 Å². The SMILES string of the molecule is CN(C(=O)Nc1ccc2[nH+]c(-c3cscn3)[nH]c2c1)c1cccc2ccccc12. The Morgan fingerprint density at radius 1 is 1.14 bits per heavy atom. The Hall–Kier alpha value is -3.71. The predicted molar refractivity (Wildman–Crippen MR) is 117 cm³/mol. The molecule has 0 aliphatic carbocycles. The fourth-order valence-corrected chi connectivity index (χ4v) is 3.96. The molecule has 142 valence electrons. The van der Waals surface area contributed by atoms with Gasteiger partial charge >= 0.3 is 11.9 Å². The van der Waals surface area contributed by atoms with E-state index in [1.807, 2.05) is 66.0 Å². The van der Waals surface area contributed by atoms with Crippen LogP contribution in [0.2, 0.25) is 0 Å². The van der Waals surface area contributed by atoms with Crippen molar-refractivity contribution in [1.82, 2.24) is 9.97 Å². The van der Waals surface area contributed by atoms with Crippen LogP contribution in [0.1, 0.15) is 0 Å². The second-order valence-electron chi connectivity index (χ2n) is 6.75. The molecule has 0 saturated carbocycles. The number of aromatic nitrogens is 3. The van der Waals surface area contributed by atoms with Crippen molar-refractivity contribution in [3.63, 3.8) is 0 Å². The smallest absolute Gasteiger partial charge is 0.307 e. The van der Waals surface area contributed by atoms with E-state index < -0.39 is 0 Å². The molecule has 0 atom stereocenters. The molecule has 0 saturated heterocycles. The number of nitrogens with zero attached hydrogens (tertiary/aromatic N) is 2. The number of hydrogen-bond acceptors (Lipinski definition) is 3. The van der Waals surface area contributed by atoms with E-state index in [1.165, 1.54) is 0 Å². The molecular weight excluding hydrogens is 382 g/mol. The Balaban J connectivity index is 1.41. The average molecular weight is 400 g/mol. The summed E-state index contributed by atoms with van der Waals surface area (Å²) in [5, 5.41) is 7.09. The first-order chi connectivity index (χ1) is 14.2. The van der Waals surface area contributed by atoms with Crippen molar-refractivity contribution in [1.29, 1.82) is 0 Å². The molecule has 2 aromatic heterocycles. The van der Waals surface area contributed by atoms with Gasteiger partial charge in [0.2, 0.25) is 0 Å². The number of hydrogen-bond donors (Lipinski definition) is 2. The number of thiazole rings is 1. The number of imidazole rings is 1. The Labute approximate surface area is 170 Å². The van der Waals surface area contributed by atoms with Crippen molar-refractivity contribution in [3.05, 3.63) is 71.6 Å². The van der Waals surface area contributed by atoms with Crippen molar-refractivity contribution in [2.24, 2.45) is 0 Å². The molecule has 2 heterocycles. The summed E-state index contributed by atoms with van der Waals surface area (Å²) in [4.78, 5) is 25.5. The van der Waals surface area contributed by atoms with Gasteiger partial charge in [0.15, 0.2) is 16.7 Å². The Kier molecular flexibility index (Phi) is 4.22. The van der Waals surface area contributed by atoms with E-state index >= 15 is 0 Å². The molecule has 5 rings (SSSR count). The number of carbonyl (C=O) groups is 1. The molecule has 5 aromatic rings. The third-order valence-electron chi connectivity index (χ3n) is 4.91. The molecule has 2 amide bonds. The maximum absolute atomic E-state index is 12.9. The van der Waals surface area contributed by atoms with Gasteiger partial charge in [-0.15, -0.1) is 11.3 Å². The van der Waals surface area contributed by atoms with Crippen molar-refractivity contribution < 1.29 is 9.78 Å². The lowest BCUT2D eigenvalue weighted by Crippen LogP contribution is -2.31. The van der Waals surface area contributed by atoms with Crippen LogP contribution in [-0.4, -0.2) is 23.0 Å². The number of aromatic amines is 2. The standard InChI is InChI=1S/C22H17N5OS/c1-27(20-8-4-6-14-5-2-3-7-16(14)20)22(28)24-15-9-10-17-18(11-15)26-21(25-17)19-12-29-13-23-19/h2-13H,1H3,(H,24,28)(H,25,26)/p+1. The number of benzene rings is 3. The minimum absolute atomic E-state index is 0.198. The molecule has 6 nitrogen and oxygen atoms in total. The normalized spacial score (nSPS) is 11.1. The Bertz CT molecular complexity index is 1320. The largest absolute Gasteiger partial charge is 0.326 e. The molecular formula is C22H18N5OS+. The van der Waals surface area contributed by atoms with E-state index in [0.717, 1.165) is 44.7 Å². The summed E-state index contributed by atoms with van der Waals surface area (Å²) >= 11 is 1.54. The highest BCUT2D eigenvalue weighted by atomic mass is 32.1. The summed E-state index contributed by atoms with van der Waals surface area (Å²) in [5.41, 5.74) is 6.10. The number of rotatable bonds is 3. The van der Waals surface area contributed by atoms with E-state index in [2.05, 4.69) is 20.3 Å². The van der Waals surface area contributed by atoms with Crippen molar-refractivity contribution in [2.75, 3.05) is 17.3 Å². The minimum atomic E-state index is -0.198. The number of urea groups is 1. The second-order valence-corrected chi connectivity index (χ2v) is 7.47. The number of H-pyrrole nitrogens is 2. The van der Waals surface area contributed by atoms with E-state index in [1.54, 1.807) is 28.8 Å². The van der Waals surface area contributed by atoms with Gasteiger partial charge in [-0.25, -0.2) is 19.7 Å². The molecule has 0 radical (unpaired) electrons. The van der Waals surface area contributed by atoms with Crippen molar-refractivity contribution in [3.8, 4) is 11.5 Å². The zero-order valence-electron chi connectivity index (χ0n) is 15.6. The number of nitrogens with one attached hydrogen (secondary N) is 3. The highest BCUT2D eigenvalue weighted by Gasteiger charge is 2.17. The first-order valence-corrected chi connectivity index (χ1v) is 10.1. The summed E-state index contributed by atoms with van der Waals surface area (Å²) in [5.74, 6) is 0.845. The first kappa shape index (κ1) is 17.4. The van der Waals surface area contributed by atoms with E-state index in [0.29, 0.717) is 0 Å². The van der Waals surface area contributed by atoms with Crippen molar-refractivity contribution in [2.45, 2.75) is 0 Å². The van der Waals surface area contributed by atoms with Gasteiger partial charge in [-0.3, -0.25) is 4.90 Å². The van der Waals surface area contributed by atoms with Gasteiger partial charge in [-0.1, -0.05) is 36.4 Å². The zero-order chi connectivity index (χ0) is 19.8. The summed E-state index contributed by atoms with van der Waals surface area (Å²) < 4.78 is 0. The summed E-state index contributed by atoms with van der Waals surface area (Å²) in [6.07, 6.45) is 0. The molecule has 29 heavy (non-hydrogen) atoms. The summed E-state index contributed by atoms with van der Waals surface area (Å²) in [6, 6.07) is 19.5. The number of fused-ring (bicyclic) bond motifs is 2. The molecule has 0 aliphatic heterocycles. The van der Waals surface area contributed by atoms with Gasteiger partial charge in [0, 0.05) is 29.6 Å². The molecule has 3 N–H and O–H groups in total. The van der Waals surface area contributed by atoms with Crippen molar-refractivity contribution >= 4 is 50.5 Å². The quantitative estimate of drug-likeness (QED) is 0.451. The fourth-order valence-electron chi connectivity index (χ4n) is 3.42. The third kappa shape index (κ3) is 3.21. The number of carbonyl (C=O) groups excluding carboxylic acids is 1. The van der Waals surface area contributed by atoms with Crippen LogP contribution in [0.4, 0.5) is 16.2 Å². The van der Waals surface area contributed by atoms with Gasteiger partial charge in [0.25, 0.3) is 0 Å². The molecule has 0 fully saturated rings. The molecule has 0 unspecified atom stereocenters. The van der Waals surface area contributed by atoms with E-state index in [-0.39, 0.29) is 6.03 Å². The lowest BCUT2D eigenvalue weighted by molar-refractivity contribution is -0.330. The summed E-state index contributed by atoms with van der Waals surface area (Å²) in [7, 11) is 1.78. The van der Waals surface area contributed by atoms with Crippen LogP contribution >= 0.6 is 11.3 Å². The van der Waals surface area contributed by atoms with Crippen LogP contribution in [0.3, 0.4) is 0 Å². The highest BCUT2D eigenvalue weighted by molar-refractivity contribution is 7.07. The molecule has 3 aromatic carbocycles. The highest BCUT2D eigenvalue weighted by Crippen LogP contribution is 2.27. The monoisotopic (exact) mass is 400 g/mol. The Morgan fingerprint density at radius 3 is 2.86 bits per heavy atom. The minimum Gasteiger partial charge on any atom is -0.307 e. The first-order valence-electron chi connectivity index (χ1n) is 9.15. The number of anilines is 2. The van der Waals surface area contributed by atoms with Crippen LogP contribution in [0, 0.1) is 0 Å². The molecule has 0 spiro atoms. The van der Waals surface area contributed by atoms with E-state index in [4.69, 9.17) is 0 Å². The van der Waals surface area contributed by atoms with Crippen LogP contribution in [0.15, 0.2) is 71.6 Å².